The molecular formula is C21H33NO3. The Morgan fingerprint density at radius 2 is 1.72 bits per heavy atom. The van der Waals surface area contributed by atoms with Crippen LogP contribution in [-0.2, 0) is 0 Å². The van der Waals surface area contributed by atoms with E-state index in [0.717, 1.165) is 12.8 Å². The molecule has 4 nitrogen and oxygen atoms in total. The molecule has 0 bridgehead atoms. The Kier molecular flexibility index (Phi) is 6.28. The van der Waals surface area contributed by atoms with Crippen molar-refractivity contribution in [2.24, 2.45) is 0 Å². The second kappa shape index (κ2) is 7.88. The fourth-order valence-electron chi connectivity index (χ4n) is 3.93. The first kappa shape index (κ1) is 19.9. The summed E-state index contributed by atoms with van der Waals surface area (Å²) in [5.74, 6) is 0.810. The van der Waals surface area contributed by atoms with Crippen molar-refractivity contribution in [3.63, 3.8) is 0 Å². The molecule has 1 aromatic rings. The number of hydrogen-bond acceptors (Lipinski definition) is 4. The lowest BCUT2D eigenvalue weighted by Gasteiger charge is -2.53. The lowest BCUT2D eigenvalue weighted by Crippen LogP contribution is -2.60. The van der Waals surface area contributed by atoms with Gasteiger partial charge in [0.15, 0.2) is 5.78 Å². The number of rotatable bonds is 7. The van der Waals surface area contributed by atoms with E-state index in [9.17, 15) is 9.90 Å². The van der Waals surface area contributed by atoms with Crippen LogP contribution in [0.3, 0.4) is 0 Å². The van der Waals surface area contributed by atoms with Crippen molar-refractivity contribution in [3.05, 3.63) is 29.8 Å². The third-order valence-corrected chi connectivity index (χ3v) is 5.37. The van der Waals surface area contributed by atoms with Crippen molar-refractivity contribution in [2.75, 3.05) is 13.2 Å². The minimum Gasteiger partial charge on any atom is -0.491 e. The second-order valence-corrected chi connectivity index (χ2v) is 8.35. The minimum atomic E-state index is -0.548. The maximum atomic E-state index is 11.6. The summed E-state index contributed by atoms with van der Waals surface area (Å²) in [7, 11) is 0. The number of nitrogens with zero attached hydrogens (tertiary/aromatic N) is 1. The van der Waals surface area contributed by atoms with Gasteiger partial charge >= 0.3 is 0 Å². The molecule has 1 aliphatic rings. The van der Waals surface area contributed by atoms with Crippen LogP contribution in [0.1, 0.15) is 70.7 Å². The van der Waals surface area contributed by atoms with E-state index < -0.39 is 6.10 Å². The van der Waals surface area contributed by atoms with Gasteiger partial charge in [-0.3, -0.25) is 9.69 Å². The summed E-state index contributed by atoms with van der Waals surface area (Å²) < 4.78 is 5.73. The molecule has 0 spiro atoms. The van der Waals surface area contributed by atoms with Crippen LogP contribution in [0.5, 0.6) is 5.75 Å². The third-order valence-electron chi connectivity index (χ3n) is 5.37. The van der Waals surface area contributed by atoms with Gasteiger partial charge in [-0.1, -0.05) is 6.92 Å². The van der Waals surface area contributed by atoms with Gasteiger partial charge in [0.1, 0.15) is 18.5 Å². The molecule has 0 saturated carbocycles. The van der Waals surface area contributed by atoms with E-state index in [0.29, 0.717) is 24.3 Å². The average molecular weight is 347 g/mol. The van der Waals surface area contributed by atoms with Gasteiger partial charge in [0.05, 0.1) is 0 Å². The van der Waals surface area contributed by atoms with Gasteiger partial charge in [-0.25, -0.2) is 0 Å². The molecule has 0 aliphatic carbocycles. The van der Waals surface area contributed by atoms with E-state index in [-0.39, 0.29) is 23.5 Å². The zero-order chi connectivity index (χ0) is 18.7. The van der Waals surface area contributed by atoms with Gasteiger partial charge in [-0.05, 0) is 71.2 Å². The van der Waals surface area contributed by atoms with Crippen LogP contribution in [0.4, 0.5) is 0 Å². The Hall–Kier alpha value is -1.39. The largest absolute Gasteiger partial charge is 0.491 e. The molecule has 2 rings (SSSR count). The lowest BCUT2D eigenvalue weighted by atomic mass is 9.79. The Bertz CT molecular complexity index is 561. The van der Waals surface area contributed by atoms with Crippen LogP contribution in [0.2, 0.25) is 0 Å². The van der Waals surface area contributed by atoms with Gasteiger partial charge in [0.25, 0.3) is 0 Å². The first-order chi connectivity index (χ1) is 11.7. The van der Waals surface area contributed by atoms with Crippen LogP contribution >= 0.6 is 0 Å². The third kappa shape index (κ3) is 5.05. The summed E-state index contributed by atoms with van der Waals surface area (Å²) in [6.07, 6.45) is 3.48. The minimum absolute atomic E-state index is 0.0882. The van der Waals surface area contributed by atoms with Gasteiger partial charge < -0.3 is 9.84 Å². The van der Waals surface area contributed by atoms with E-state index in [4.69, 9.17) is 4.74 Å². The monoisotopic (exact) mass is 347 g/mol. The summed E-state index contributed by atoms with van der Waals surface area (Å²) in [4.78, 5) is 14.1. The summed E-state index contributed by atoms with van der Waals surface area (Å²) in [6, 6.07) is 7.16. The molecule has 1 fully saturated rings. The molecular weight excluding hydrogens is 314 g/mol. The van der Waals surface area contributed by atoms with E-state index >= 15 is 0 Å². The van der Waals surface area contributed by atoms with E-state index in [1.165, 1.54) is 6.42 Å². The first-order valence-corrected chi connectivity index (χ1v) is 9.37. The lowest BCUT2D eigenvalue weighted by molar-refractivity contribution is -0.0606. The summed E-state index contributed by atoms with van der Waals surface area (Å²) >= 11 is 0. The highest BCUT2D eigenvalue weighted by Gasteiger charge is 2.41. The number of β-amino-alcohol motifs (C(OH)–C–C–N with tert-alkyl or cyclic N) is 1. The number of hydrogen-bond donors (Lipinski definition) is 1. The van der Waals surface area contributed by atoms with Crippen molar-refractivity contribution in [1.29, 1.82) is 0 Å². The number of likely N-dealkylation sites (tertiary alicyclic amines) is 1. The molecule has 25 heavy (non-hydrogen) atoms. The van der Waals surface area contributed by atoms with Crippen molar-refractivity contribution in [2.45, 2.75) is 77.5 Å². The van der Waals surface area contributed by atoms with E-state index in [2.05, 4.69) is 32.6 Å². The van der Waals surface area contributed by atoms with Gasteiger partial charge in [-0.15, -0.1) is 0 Å². The predicted octanol–water partition coefficient (Wildman–Crippen LogP) is 4.06. The normalized spacial score (nSPS) is 20.9. The molecule has 140 valence electrons. The Labute approximate surface area is 152 Å². The number of aliphatic hydroxyl groups excluding tert-OH is 1. The maximum Gasteiger partial charge on any atom is 0.162 e. The number of Topliss-reactive ketones (excluding diaryl/α,β-unsaturated/α-hetero) is 1. The number of carbonyl (C=O) groups excluding carboxylic acids is 1. The smallest absolute Gasteiger partial charge is 0.162 e. The number of carbonyl (C=O) groups is 1. The SMILES string of the molecule is CCC(=O)c1ccc(OC[C@@H](O)CN2C(C)(C)CCCC2(C)C)cc1. The van der Waals surface area contributed by atoms with Crippen LogP contribution in [0, 0.1) is 0 Å². The Morgan fingerprint density at radius 3 is 2.24 bits per heavy atom. The molecule has 4 heteroatoms. The molecule has 1 aliphatic heterocycles. The number of ketones is 1. The quantitative estimate of drug-likeness (QED) is 0.756. The summed E-state index contributed by atoms with van der Waals surface area (Å²) in [5, 5.41) is 10.5. The standard InChI is InChI=1S/C21H33NO3/c1-6-19(24)16-8-10-18(11-9-16)25-15-17(23)14-22-20(2,3)12-7-13-21(22,4)5/h8-11,17,23H,6-7,12-15H2,1-5H3/t17-/m0/s1. The average Bonchev–Trinajstić information content (AvgIpc) is 2.56. The molecule has 1 atom stereocenters. The molecule has 1 N–H and O–H groups in total. The van der Waals surface area contributed by atoms with Gasteiger partial charge in [-0.2, -0.15) is 0 Å². The molecule has 0 radical (unpaired) electrons. The second-order valence-electron chi connectivity index (χ2n) is 8.35. The highest BCUT2D eigenvalue weighted by Crippen LogP contribution is 2.38. The van der Waals surface area contributed by atoms with Crippen LogP contribution in [-0.4, -0.2) is 46.1 Å². The Morgan fingerprint density at radius 1 is 1.16 bits per heavy atom. The number of aliphatic hydroxyl groups is 1. The van der Waals surface area contributed by atoms with E-state index in [1.807, 2.05) is 6.92 Å². The summed E-state index contributed by atoms with van der Waals surface area (Å²) in [6.45, 7) is 11.7. The predicted molar refractivity (Wildman–Crippen MR) is 101 cm³/mol. The summed E-state index contributed by atoms with van der Waals surface area (Å²) in [5.41, 5.74) is 0.877. The molecule has 0 amide bonds. The molecule has 1 aromatic carbocycles. The van der Waals surface area contributed by atoms with Crippen LogP contribution in [0.25, 0.3) is 0 Å². The topological polar surface area (TPSA) is 49.8 Å². The zero-order valence-corrected chi connectivity index (χ0v) is 16.3. The molecule has 0 unspecified atom stereocenters. The highest BCUT2D eigenvalue weighted by molar-refractivity contribution is 5.95. The van der Waals surface area contributed by atoms with Crippen molar-refractivity contribution < 1.29 is 14.6 Å². The Balaban J connectivity index is 1.91. The van der Waals surface area contributed by atoms with Crippen molar-refractivity contribution >= 4 is 5.78 Å². The fourth-order valence-corrected chi connectivity index (χ4v) is 3.93. The first-order valence-electron chi connectivity index (χ1n) is 9.37. The molecule has 0 aromatic heterocycles. The number of benzene rings is 1. The van der Waals surface area contributed by atoms with Crippen LogP contribution in [0.15, 0.2) is 24.3 Å². The number of piperidine rings is 1. The fraction of sp³-hybridized carbons (Fsp3) is 0.667. The number of ether oxygens (including phenoxy) is 1. The molecule has 1 heterocycles. The van der Waals surface area contributed by atoms with Crippen molar-refractivity contribution in [3.8, 4) is 5.75 Å². The van der Waals surface area contributed by atoms with Gasteiger partial charge in [0.2, 0.25) is 0 Å². The van der Waals surface area contributed by atoms with Gasteiger partial charge in [0, 0.05) is 29.6 Å². The van der Waals surface area contributed by atoms with E-state index in [1.54, 1.807) is 24.3 Å². The van der Waals surface area contributed by atoms with Crippen molar-refractivity contribution in [1.82, 2.24) is 4.90 Å². The highest BCUT2D eigenvalue weighted by atomic mass is 16.5. The molecule has 1 saturated heterocycles. The van der Waals surface area contributed by atoms with Crippen LogP contribution < -0.4 is 4.74 Å². The zero-order valence-electron chi connectivity index (χ0n) is 16.3. The maximum absolute atomic E-state index is 11.6.